The molecule has 130 valence electrons. The zero-order chi connectivity index (χ0) is 18.4. The number of nitrogens with zero attached hydrogens (tertiary/aromatic N) is 3. The molecule has 0 aliphatic heterocycles. The van der Waals surface area contributed by atoms with Crippen molar-refractivity contribution in [2.45, 2.75) is 6.92 Å². The van der Waals surface area contributed by atoms with Crippen molar-refractivity contribution in [3.63, 3.8) is 0 Å². The molecule has 0 aliphatic carbocycles. The van der Waals surface area contributed by atoms with E-state index in [9.17, 15) is 9.50 Å². The summed E-state index contributed by atoms with van der Waals surface area (Å²) in [5.74, 6) is -0.118. The van der Waals surface area contributed by atoms with E-state index in [1.807, 2.05) is 0 Å². The molecular weight excluding hydrogens is 355 g/mol. The van der Waals surface area contributed by atoms with Crippen molar-refractivity contribution in [1.29, 1.82) is 0 Å². The predicted octanol–water partition coefficient (Wildman–Crippen LogP) is 4.45. The number of aromatic hydroxyl groups is 1. The SMILES string of the molecule is Cc1cc(-c2c(-c3cccc(F)c3)nc(N)c3nccn23)cc(Cl)c1O. The van der Waals surface area contributed by atoms with Gasteiger partial charge < -0.3 is 10.8 Å². The highest BCUT2D eigenvalue weighted by atomic mass is 35.5. The van der Waals surface area contributed by atoms with Crippen LogP contribution in [0, 0.1) is 12.7 Å². The minimum Gasteiger partial charge on any atom is -0.506 e. The number of nitrogens with two attached hydrogens (primary N) is 1. The van der Waals surface area contributed by atoms with E-state index < -0.39 is 0 Å². The van der Waals surface area contributed by atoms with E-state index in [0.717, 1.165) is 0 Å². The van der Waals surface area contributed by atoms with Crippen molar-refractivity contribution in [2.75, 3.05) is 5.73 Å². The van der Waals surface area contributed by atoms with E-state index >= 15 is 0 Å². The molecule has 7 heteroatoms. The maximum Gasteiger partial charge on any atom is 0.180 e. The third-order valence-corrected chi connectivity index (χ3v) is 4.48. The summed E-state index contributed by atoms with van der Waals surface area (Å²) >= 11 is 6.17. The number of phenols is 1. The van der Waals surface area contributed by atoms with E-state index in [0.29, 0.717) is 33.7 Å². The monoisotopic (exact) mass is 368 g/mol. The Morgan fingerprint density at radius 1 is 1.19 bits per heavy atom. The lowest BCUT2D eigenvalue weighted by Crippen LogP contribution is -2.04. The van der Waals surface area contributed by atoms with Gasteiger partial charge in [-0.05, 0) is 36.8 Å². The molecule has 0 unspecified atom stereocenters. The third kappa shape index (κ3) is 2.55. The minimum absolute atomic E-state index is 0.0213. The molecule has 4 aromatic rings. The largest absolute Gasteiger partial charge is 0.506 e. The Hall–Kier alpha value is -3.12. The molecule has 0 fully saturated rings. The van der Waals surface area contributed by atoms with Gasteiger partial charge in [0.15, 0.2) is 11.5 Å². The summed E-state index contributed by atoms with van der Waals surface area (Å²) in [5.41, 5.74) is 9.59. The van der Waals surface area contributed by atoms with Crippen molar-refractivity contribution in [1.82, 2.24) is 14.4 Å². The molecule has 0 atom stereocenters. The lowest BCUT2D eigenvalue weighted by atomic mass is 10.0. The van der Waals surface area contributed by atoms with Gasteiger partial charge in [0, 0.05) is 23.5 Å². The Kier molecular flexibility index (Phi) is 3.77. The van der Waals surface area contributed by atoms with Crippen LogP contribution in [0.2, 0.25) is 5.02 Å². The van der Waals surface area contributed by atoms with Crippen LogP contribution in [0.5, 0.6) is 5.75 Å². The van der Waals surface area contributed by atoms with Crippen molar-refractivity contribution < 1.29 is 9.50 Å². The van der Waals surface area contributed by atoms with Gasteiger partial charge in [-0.3, -0.25) is 4.40 Å². The minimum atomic E-state index is -0.375. The number of rotatable bonds is 2. The summed E-state index contributed by atoms with van der Waals surface area (Å²) < 4.78 is 15.6. The van der Waals surface area contributed by atoms with Gasteiger partial charge in [-0.25, -0.2) is 14.4 Å². The van der Waals surface area contributed by atoms with Gasteiger partial charge >= 0.3 is 0 Å². The predicted molar refractivity (Wildman–Crippen MR) is 99.6 cm³/mol. The van der Waals surface area contributed by atoms with Crippen molar-refractivity contribution in [3.05, 3.63) is 65.2 Å². The number of imidazole rings is 1. The van der Waals surface area contributed by atoms with Crippen LogP contribution in [-0.2, 0) is 0 Å². The number of halogens is 2. The van der Waals surface area contributed by atoms with Gasteiger partial charge in [0.1, 0.15) is 11.6 Å². The van der Waals surface area contributed by atoms with Crippen molar-refractivity contribution in [2.24, 2.45) is 0 Å². The molecule has 0 saturated carbocycles. The first-order chi connectivity index (χ1) is 12.5. The van der Waals surface area contributed by atoms with E-state index in [1.165, 1.54) is 12.1 Å². The number of nitrogen functional groups attached to an aromatic ring is 1. The highest BCUT2D eigenvalue weighted by Gasteiger charge is 2.19. The molecule has 0 saturated heterocycles. The van der Waals surface area contributed by atoms with E-state index in [1.54, 1.807) is 48.0 Å². The molecule has 0 spiro atoms. The molecule has 5 nitrogen and oxygen atoms in total. The van der Waals surface area contributed by atoms with E-state index in [2.05, 4.69) is 9.97 Å². The smallest absolute Gasteiger partial charge is 0.180 e. The topological polar surface area (TPSA) is 76.4 Å². The number of hydrogen-bond donors (Lipinski definition) is 2. The first kappa shape index (κ1) is 16.4. The standard InChI is InChI=1S/C19H14ClFN4O/c1-10-7-12(9-14(20)17(10)26)16-15(11-3-2-4-13(21)8-11)24-18(22)19-23-5-6-25(16)19/h2-9,26H,1H3,(H2,22,24). The highest BCUT2D eigenvalue weighted by Crippen LogP contribution is 2.38. The van der Waals surface area contributed by atoms with Crippen LogP contribution < -0.4 is 5.73 Å². The molecule has 0 aliphatic rings. The van der Waals surface area contributed by atoms with Crippen LogP contribution in [0.4, 0.5) is 10.2 Å². The summed E-state index contributed by atoms with van der Waals surface area (Å²) in [6.45, 7) is 1.75. The Labute approximate surface area is 153 Å². The number of aromatic nitrogens is 3. The molecular formula is C19H14ClFN4O. The van der Waals surface area contributed by atoms with Crippen LogP contribution in [0.15, 0.2) is 48.8 Å². The van der Waals surface area contributed by atoms with Gasteiger partial charge in [-0.15, -0.1) is 0 Å². The number of anilines is 1. The average Bonchev–Trinajstić information content (AvgIpc) is 3.09. The molecule has 26 heavy (non-hydrogen) atoms. The quantitative estimate of drug-likeness (QED) is 0.548. The highest BCUT2D eigenvalue weighted by molar-refractivity contribution is 6.32. The second kappa shape index (κ2) is 6.00. The van der Waals surface area contributed by atoms with Crippen molar-refractivity contribution in [3.8, 4) is 28.3 Å². The van der Waals surface area contributed by atoms with Crippen LogP contribution in [-0.4, -0.2) is 19.5 Å². The lowest BCUT2D eigenvalue weighted by molar-refractivity contribution is 0.471. The Morgan fingerprint density at radius 2 is 2.00 bits per heavy atom. The molecule has 3 N–H and O–H groups in total. The third-order valence-electron chi connectivity index (χ3n) is 4.19. The van der Waals surface area contributed by atoms with E-state index in [-0.39, 0.29) is 22.4 Å². The molecule has 0 amide bonds. The lowest BCUT2D eigenvalue weighted by Gasteiger charge is -2.15. The fourth-order valence-electron chi connectivity index (χ4n) is 3.00. The van der Waals surface area contributed by atoms with Crippen LogP contribution in [0.1, 0.15) is 5.56 Å². The number of phenolic OH excluding ortho intramolecular Hbond substituents is 1. The summed E-state index contributed by atoms with van der Waals surface area (Å²) in [7, 11) is 0. The second-order valence-electron chi connectivity index (χ2n) is 5.95. The zero-order valence-corrected chi connectivity index (χ0v) is 14.5. The summed E-state index contributed by atoms with van der Waals surface area (Å²) in [6.07, 6.45) is 3.36. The Balaban J connectivity index is 2.12. The number of fused-ring (bicyclic) bond motifs is 1. The van der Waals surface area contributed by atoms with Gasteiger partial charge in [0.25, 0.3) is 0 Å². The Bertz CT molecular complexity index is 1130. The number of aryl methyl sites for hydroxylation is 1. The average molecular weight is 369 g/mol. The summed E-state index contributed by atoms with van der Waals surface area (Å²) in [5, 5.41) is 10.2. The first-order valence-electron chi connectivity index (χ1n) is 7.83. The van der Waals surface area contributed by atoms with Crippen LogP contribution in [0.25, 0.3) is 28.2 Å². The number of benzene rings is 2. The van der Waals surface area contributed by atoms with Crippen molar-refractivity contribution >= 4 is 23.1 Å². The summed E-state index contributed by atoms with van der Waals surface area (Å²) in [6, 6.07) is 9.55. The fourth-order valence-corrected chi connectivity index (χ4v) is 3.26. The van der Waals surface area contributed by atoms with Crippen LogP contribution in [0.3, 0.4) is 0 Å². The molecule has 2 heterocycles. The maximum atomic E-state index is 13.8. The molecule has 4 rings (SSSR count). The van der Waals surface area contributed by atoms with Crippen LogP contribution >= 0.6 is 11.6 Å². The van der Waals surface area contributed by atoms with E-state index in [4.69, 9.17) is 17.3 Å². The molecule has 0 radical (unpaired) electrons. The fraction of sp³-hybridized carbons (Fsp3) is 0.0526. The first-order valence-corrected chi connectivity index (χ1v) is 8.21. The summed E-state index contributed by atoms with van der Waals surface area (Å²) in [4.78, 5) is 8.70. The zero-order valence-electron chi connectivity index (χ0n) is 13.7. The van der Waals surface area contributed by atoms with Gasteiger partial charge in [-0.2, -0.15) is 0 Å². The number of hydrogen-bond acceptors (Lipinski definition) is 4. The maximum absolute atomic E-state index is 13.8. The van der Waals surface area contributed by atoms with Gasteiger partial charge in [-0.1, -0.05) is 23.7 Å². The Morgan fingerprint density at radius 3 is 2.73 bits per heavy atom. The van der Waals surface area contributed by atoms with Gasteiger partial charge in [0.05, 0.1) is 16.4 Å². The second-order valence-corrected chi connectivity index (χ2v) is 6.36. The molecule has 2 aromatic heterocycles. The van der Waals surface area contributed by atoms with Gasteiger partial charge in [0.2, 0.25) is 0 Å². The molecule has 0 bridgehead atoms. The molecule has 2 aromatic carbocycles. The normalized spacial score (nSPS) is 11.2.